The van der Waals surface area contributed by atoms with E-state index in [4.69, 9.17) is 0 Å². The molecule has 7 heteroatoms. The van der Waals surface area contributed by atoms with Gasteiger partial charge in [0, 0.05) is 6.20 Å². The van der Waals surface area contributed by atoms with Gasteiger partial charge in [0.15, 0.2) is 0 Å². The smallest absolute Gasteiger partial charge is 0.253 e. The Labute approximate surface area is 108 Å². The Morgan fingerprint density at radius 3 is 2.83 bits per heavy atom. The summed E-state index contributed by atoms with van der Waals surface area (Å²) >= 11 is 1.48. The van der Waals surface area contributed by atoms with Crippen LogP contribution in [0.2, 0.25) is 0 Å². The van der Waals surface area contributed by atoms with Gasteiger partial charge in [-0.1, -0.05) is 0 Å². The molecular formula is C11H13N2O4S-. The lowest BCUT2D eigenvalue weighted by Crippen LogP contribution is -2.48. The lowest BCUT2D eigenvalue weighted by molar-refractivity contribution is -0.308. The molecule has 0 saturated heterocycles. The molecule has 98 valence electrons. The number of aliphatic carboxylic acids is 1. The van der Waals surface area contributed by atoms with Gasteiger partial charge in [-0.25, -0.2) is 0 Å². The van der Waals surface area contributed by atoms with Crippen molar-refractivity contribution < 1.29 is 19.8 Å². The molecule has 1 atom stereocenters. The van der Waals surface area contributed by atoms with Crippen LogP contribution in [0.15, 0.2) is 18.5 Å². The first-order valence-corrected chi connectivity index (χ1v) is 6.58. The van der Waals surface area contributed by atoms with Crippen LogP contribution >= 0.6 is 11.8 Å². The van der Waals surface area contributed by atoms with Crippen LogP contribution in [0.1, 0.15) is 16.8 Å². The molecule has 1 rings (SSSR count). The minimum atomic E-state index is -1.33. The number of aromatic nitrogens is 1. The fourth-order valence-corrected chi connectivity index (χ4v) is 1.75. The molecule has 0 unspecified atom stereocenters. The predicted molar refractivity (Wildman–Crippen MR) is 65.2 cm³/mol. The molecule has 0 spiro atoms. The van der Waals surface area contributed by atoms with Gasteiger partial charge in [0.2, 0.25) is 0 Å². The molecular weight excluding hydrogens is 256 g/mol. The number of carboxylic acid groups (broad SMARTS) is 1. The third-order valence-electron chi connectivity index (χ3n) is 2.19. The number of carbonyl (C=O) groups is 2. The molecule has 0 bridgehead atoms. The van der Waals surface area contributed by atoms with Gasteiger partial charge in [0.05, 0.1) is 23.8 Å². The highest BCUT2D eigenvalue weighted by Crippen LogP contribution is 2.09. The van der Waals surface area contributed by atoms with E-state index in [1.165, 1.54) is 30.2 Å². The average Bonchev–Trinajstić information content (AvgIpc) is 2.33. The zero-order valence-corrected chi connectivity index (χ0v) is 10.6. The summed E-state index contributed by atoms with van der Waals surface area (Å²) < 4.78 is 0. The van der Waals surface area contributed by atoms with Crippen LogP contribution in [0.4, 0.5) is 0 Å². The minimum absolute atomic E-state index is 0.102. The van der Waals surface area contributed by atoms with Crippen LogP contribution < -0.4 is 10.4 Å². The Morgan fingerprint density at radius 2 is 2.28 bits per heavy atom. The molecule has 0 aromatic carbocycles. The van der Waals surface area contributed by atoms with Crippen molar-refractivity contribution >= 4 is 23.6 Å². The van der Waals surface area contributed by atoms with Gasteiger partial charge in [-0.15, -0.1) is 0 Å². The first-order valence-electron chi connectivity index (χ1n) is 5.19. The summed E-state index contributed by atoms with van der Waals surface area (Å²) in [6, 6.07) is 0.163. The number of thioether (sulfide) groups is 1. The minimum Gasteiger partial charge on any atom is -0.548 e. The van der Waals surface area contributed by atoms with Crippen molar-refractivity contribution in [2.45, 2.75) is 12.5 Å². The molecule has 0 aliphatic rings. The molecule has 18 heavy (non-hydrogen) atoms. The first kappa shape index (κ1) is 14.3. The molecule has 0 saturated carbocycles. The van der Waals surface area contributed by atoms with Gasteiger partial charge >= 0.3 is 0 Å². The van der Waals surface area contributed by atoms with Crippen molar-refractivity contribution in [3.05, 3.63) is 24.0 Å². The maximum atomic E-state index is 11.7. The van der Waals surface area contributed by atoms with Gasteiger partial charge in [-0.2, -0.15) is 11.8 Å². The van der Waals surface area contributed by atoms with E-state index in [9.17, 15) is 19.8 Å². The summed E-state index contributed by atoms with van der Waals surface area (Å²) in [6.45, 7) is 0. The van der Waals surface area contributed by atoms with Crippen molar-refractivity contribution in [2.75, 3.05) is 12.0 Å². The molecule has 1 aromatic rings. The van der Waals surface area contributed by atoms with E-state index in [-0.39, 0.29) is 17.7 Å². The number of nitrogens with zero attached hydrogens (tertiary/aromatic N) is 1. The van der Waals surface area contributed by atoms with Crippen molar-refractivity contribution in [3.63, 3.8) is 0 Å². The monoisotopic (exact) mass is 269 g/mol. The molecule has 6 nitrogen and oxygen atoms in total. The summed E-state index contributed by atoms with van der Waals surface area (Å²) in [6.07, 6.45) is 4.55. The number of pyridine rings is 1. The summed E-state index contributed by atoms with van der Waals surface area (Å²) in [5.74, 6) is -1.49. The van der Waals surface area contributed by atoms with Gasteiger partial charge in [-0.3, -0.25) is 9.78 Å². The number of rotatable bonds is 6. The molecule has 0 aliphatic heterocycles. The van der Waals surface area contributed by atoms with Crippen LogP contribution in [0.5, 0.6) is 5.75 Å². The third-order valence-corrected chi connectivity index (χ3v) is 2.83. The quantitative estimate of drug-likeness (QED) is 0.714. The lowest BCUT2D eigenvalue weighted by Gasteiger charge is -2.19. The summed E-state index contributed by atoms with van der Waals surface area (Å²) in [7, 11) is 0. The lowest BCUT2D eigenvalue weighted by atomic mass is 10.2. The van der Waals surface area contributed by atoms with Gasteiger partial charge in [0.1, 0.15) is 5.75 Å². The van der Waals surface area contributed by atoms with Gasteiger partial charge in [-0.05, 0) is 24.5 Å². The van der Waals surface area contributed by atoms with E-state index in [2.05, 4.69) is 10.3 Å². The van der Waals surface area contributed by atoms with E-state index in [1.54, 1.807) is 0 Å². The van der Waals surface area contributed by atoms with E-state index >= 15 is 0 Å². The number of hydrogen-bond acceptors (Lipinski definition) is 6. The molecule has 2 N–H and O–H groups in total. The summed E-state index contributed by atoms with van der Waals surface area (Å²) in [5.41, 5.74) is 0.102. The number of carboxylic acids is 1. The van der Waals surface area contributed by atoms with Crippen LogP contribution in [0.25, 0.3) is 0 Å². The summed E-state index contributed by atoms with van der Waals surface area (Å²) in [4.78, 5) is 26.2. The predicted octanol–water partition coefficient (Wildman–Crippen LogP) is -0.611. The molecule has 0 fully saturated rings. The second-order valence-corrected chi connectivity index (χ2v) is 4.54. The topological polar surface area (TPSA) is 102 Å². The maximum Gasteiger partial charge on any atom is 0.253 e. The van der Waals surface area contributed by atoms with Gasteiger partial charge < -0.3 is 20.3 Å². The van der Waals surface area contributed by atoms with E-state index in [1.807, 2.05) is 6.26 Å². The van der Waals surface area contributed by atoms with E-state index in [0.717, 1.165) is 0 Å². The maximum absolute atomic E-state index is 11.7. The fraction of sp³-hybridized carbons (Fsp3) is 0.364. The zero-order chi connectivity index (χ0) is 13.5. The number of nitrogens with one attached hydrogen (secondary N) is 1. The van der Waals surface area contributed by atoms with E-state index in [0.29, 0.717) is 5.75 Å². The Morgan fingerprint density at radius 1 is 1.56 bits per heavy atom. The first-order chi connectivity index (χ1) is 8.54. The highest BCUT2D eigenvalue weighted by Gasteiger charge is 2.15. The molecule has 1 aromatic heterocycles. The normalized spacial score (nSPS) is 11.8. The van der Waals surface area contributed by atoms with Crippen molar-refractivity contribution in [2.24, 2.45) is 0 Å². The highest BCUT2D eigenvalue weighted by molar-refractivity contribution is 7.98. The van der Waals surface area contributed by atoms with Crippen LogP contribution in [0.3, 0.4) is 0 Å². The highest BCUT2D eigenvalue weighted by atomic mass is 32.2. The number of amides is 1. The average molecular weight is 269 g/mol. The fourth-order valence-electron chi connectivity index (χ4n) is 1.28. The van der Waals surface area contributed by atoms with Crippen molar-refractivity contribution in [1.29, 1.82) is 0 Å². The van der Waals surface area contributed by atoms with E-state index < -0.39 is 17.9 Å². The number of carbonyl (C=O) groups excluding carboxylic acids is 2. The Hall–Kier alpha value is -1.76. The second kappa shape index (κ2) is 6.85. The molecule has 0 radical (unpaired) electrons. The van der Waals surface area contributed by atoms with Crippen molar-refractivity contribution in [3.8, 4) is 5.75 Å². The molecule has 0 aliphatic carbocycles. The Kier molecular flexibility index (Phi) is 5.44. The van der Waals surface area contributed by atoms with Crippen LogP contribution in [0, 0.1) is 0 Å². The largest absolute Gasteiger partial charge is 0.548 e. The summed E-state index contributed by atoms with van der Waals surface area (Å²) in [5, 5.41) is 22.3. The third kappa shape index (κ3) is 4.25. The molecule has 1 heterocycles. The standard InChI is InChI=1S/C11H14N2O4S/c1-18-3-2-9(11(16)17)13-10(15)7-4-8(14)6-12-5-7/h4-6,9,14H,2-3H2,1H3,(H,13,15)(H,16,17)/p-1/t9-/m0/s1. The van der Waals surface area contributed by atoms with Crippen LogP contribution in [-0.4, -0.2) is 40.0 Å². The number of hydrogen-bond donors (Lipinski definition) is 2. The van der Waals surface area contributed by atoms with Crippen LogP contribution in [-0.2, 0) is 4.79 Å². The second-order valence-electron chi connectivity index (χ2n) is 3.56. The van der Waals surface area contributed by atoms with Crippen molar-refractivity contribution in [1.82, 2.24) is 10.3 Å². The SMILES string of the molecule is CSCC[C@H](NC(=O)c1cncc(O)c1)C(=O)[O-]. The number of aromatic hydroxyl groups is 1. The Bertz CT molecular complexity index is 439. The van der Waals surface area contributed by atoms with Gasteiger partial charge in [0.25, 0.3) is 5.91 Å². The molecule has 1 amide bonds. The zero-order valence-electron chi connectivity index (χ0n) is 9.75. The Balaban J connectivity index is 2.69.